The lowest BCUT2D eigenvalue weighted by molar-refractivity contribution is 0.0950. The molecule has 98 valence electrons. The van der Waals surface area contributed by atoms with Gasteiger partial charge in [-0.3, -0.25) is 4.79 Å². The molecule has 0 aliphatic rings. The quantitative estimate of drug-likeness (QED) is 0.629. The predicted octanol–water partition coefficient (Wildman–Crippen LogP) is 1.61. The summed E-state index contributed by atoms with van der Waals surface area (Å²) >= 11 is 0. The van der Waals surface area contributed by atoms with E-state index in [0.29, 0.717) is 12.2 Å². The lowest BCUT2D eigenvalue weighted by atomic mass is 10.1. The number of aromatic hydroxyl groups is 2. The molecule has 5 heteroatoms. The lowest BCUT2D eigenvalue weighted by Crippen LogP contribution is -2.22. The number of anilines is 1. The van der Waals surface area contributed by atoms with E-state index in [0.717, 1.165) is 11.6 Å². The smallest absolute Gasteiger partial charge is 0.251 e. The molecule has 19 heavy (non-hydrogen) atoms. The van der Waals surface area contributed by atoms with Gasteiger partial charge in [0.15, 0.2) is 0 Å². The number of phenols is 2. The molecular weight excluding hydrogens is 244 g/mol. The Morgan fingerprint density at radius 2 is 1.63 bits per heavy atom. The van der Waals surface area contributed by atoms with E-state index in [1.807, 2.05) is 12.1 Å². The van der Waals surface area contributed by atoms with Crippen LogP contribution in [0.5, 0.6) is 11.5 Å². The second-order valence-corrected chi connectivity index (χ2v) is 4.16. The zero-order chi connectivity index (χ0) is 13.8. The molecule has 0 unspecified atom stereocenters. The normalized spacial score (nSPS) is 10.1. The van der Waals surface area contributed by atoms with Crippen LogP contribution in [-0.4, -0.2) is 16.1 Å². The fraction of sp³-hybridized carbons (Fsp3) is 0.0714. The highest BCUT2D eigenvalue weighted by Crippen LogP contribution is 2.20. The largest absolute Gasteiger partial charge is 0.508 e. The maximum absolute atomic E-state index is 11.8. The van der Waals surface area contributed by atoms with Crippen LogP contribution in [0.2, 0.25) is 0 Å². The molecule has 5 nitrogen and oxygen atoms in total. The monoisotopic (exact) mass is 258 g/mol. The minimum atomic E-state index is -0.372. The molecule has 0 fully saturated rings. The Morgan fingerprint density at radius 3 is 2.21 bits per heavy atom. The van der Waals surface area contributed by atoms with Crippen LogP contribution in [0.3, 0.4) is 0 Å². The third-order valence-corrected chi connectivity index (χ3v) is 2.60. The number of nitrogen functional groups attached to an aromatic ring is 1. The summed E-state index contributed by atoms with van der Waals surface area (Å²) in [6.07, 6.45) is 0. The summed E-state index contributed by atoms with van der Waals surface area (Å²) in [5.74, 6) is -0.682. The number of carbonyl (C=O) groups is 1. The summed E-state index contributed by atoms with van der Waals surface area (Å²) < 4.78 is 0. The predicted molar refractivity (Wildman–Crippen MR) is 71.8 cm³/mol. The van der Waals surface area contributed by atoms with E-state index in [1.54, 1.807) is 12.1 Å². The molecule has 5 N–H and O–H groups in total. The van der Waals surface area contributed by atoms with Crippen LogP contribution < -0.4 is 11.1 Å². The van der Waals surface area contributed by atoms with Crippen molar-refractivity contribution in [1.82, 2.24) is 5.32 Å². The molecular formula is C14H14N2O3. The number of hydrogen-bond acceptors (Lipinski definition) is 4. The van der Waals surface area contributed by atoms with Crippen molar-refractivity contribution >= 4 is 11.6 Å². The van der Waals surface area contributed by atoms with Gasteiger partial charge in [0.2, 0.25) is 0 Å². The molecule has 0 heterocycles. The Balaban J connectivity index is 2.03. The van der Waals surface area contributed by atoms with Crippen LogP contribution in [-0.2, 0) is 6.54 Å². The SMILES string of the molecule is Nc1ccc(CNC(=O)c2cc(O)cc(O)c2)cc1. The first-order valence-corrected chi connectivity index (χ1v) is 5.70. The van der Waals surface area contributed by atoms with E-state index in [4.69, 9.17) is 5.73 Å². The number of nitrogens with one attached hydrogen (secondary N) is 1. The van der Waals surface area contributed by atoms with Gasteiger partial charge in [0.25, 0.3) is 5.91 Å². The Bertz CT molecular complexity index is 574. The molecule has 0 aromatic heterocycles. The average molecular weight is 258 g/mol. The topological polar surface area (TPSA) is 95.6 Å². The number of benzene rings is 2. The van der Waals surface area contributed by atoms with Crippen molar-refractivity contribution in [3.05, 3.63) is 53.6 Å². The summed E-state index contributed by atoms with van der Waals surface area (Å²) in [6, 6.07) is 10.9. The minimum Gasteiger partial charge on any atom is -0.508 e. The van der Waals surface area contributed by atoms with Crippen molar-refractivity contribution in [3.63, 3.8) is 0 Å². The number of carbonyl (C=O) groups excluding carboxylic acids is 1. The van der Waals surface area contributed by atoms with Gasteiger partial charge >= 0.3 is 0 Å². The Morgan fingerprint density at radius 1 is 1.05 bits per heavy atom. The van der Waals surface area contributed by atoms with Gasteiger partial charge in [-0.25, -0.2) is 0 Å². The van der Waals surface area contributed by atoms with Crippen molar-refractivity contribution < 1.29 is 15.0 Å². The number of rotatable bonds is 3. The van der Waals surface area contributed by atoms with Gasteiger partial charge in [-0.15, -0.1) is 0 Å². The molecule has 2 aromatic carbocycles. The van der Waals surface area contributed by atoms with Gasteiger partial charge < -0.3 is 21.3 Å². The number of amides is 1. The first-order chi connectivity index (χ1) is 9.04. The molecule has 0 atom stereocenters. The zero-order valence-corrected chi connectivity index (χ0v) is 10.1. The second-order valence-electron chi connectivity index (χ2n) is 4.16. The lowest BCUT2D eigenvalue weighted by Gasteiger charge is -2.06. The molecule has 1 amide bonds. The molecule has 2 aromatic rings. The van der Waals surface area contributed by atoms with E-state index in [2.05, 4.69) is 5.32 Å². The van der Waals surface area contributed by atoms with Gasteiger partial charge in [-0.05, 0) is 29.8 Å². The Labute approximate surface area is 110 Å². The molecule has 0 saturated heterocycles. The van der Waals surface area contributed by atoms with Crippen LogP contribution in [0.1, 0.15) is 15.9 Å². The van der Waals surface area contributed by atoms with Gasteiger partial charge in [-0.1, -0.05) is 12.1 Å². The third kappa shape index (κ3) is 3.38. The van der Waals surface area contributed by atoms with Crippen LogP contribution in [0, 0.1) is 0 Å². The van der Waals surface area contributed by atoms with E-state index in [9.17, 15) is 15.0 Å². The number of hydrogen-bond donors (Lipinski definition) is 4. The molecule has 0 aliphatic heterocycles. The maximum atomic E-state index is 11.8. The highest BCUT2D eigenvalue weighted by atomic mass is 16.3. The van der Waals surface area contributed by atoms with Crippen molar-refractivity contribution in [1.29, 1.82) is 0 Å². The van der Waals surface area contributed by atoms with E-state index >= 15 is 0 Å². The van der Waals surface area contributed by atoms with Gasteiger partial charge in [0.05, 0.1) is 0 Å². The first-order valence-electron chi connectivity index (χ1n) is 5.70. The summed E-state index contributed by atoms with van der Waals surface area (Å²) in [6.45, 7) is 0.343. The van der Waals surface area contributed by atoms with Gasteiger partial charge in [-0.2, -0.15) is 0 Å². The van der Waals surface area contributed by atoms with Crippen molar-refractivity contribution in [3.8, 4) is 11.5 Å². The van der Waals surface area contributed by atoms with Crippen LogP contribution >= 0.6 is 0 Å². The van der Waals surface area contributed by atoms with E-state index in [1.165, 1.54) is 12.1 Å². The van der Waals surface area contributed by atoms with Crippen molar-refractivity contribution in [2.24, 2.45) is 0 Å². The van der Waals surface area contributed by atoms with Crippen molar-refractivity contribution in [2.45, 2.75) is 6.54 Å². The Kier molecular flexibility index (Phi) is 3.56. The molecule has 0 aliphatic carbocycles. The van der Waals surface area contributed by atoms with Crippen molar-refractivity contribution in [2.75, 3.05) is 5.73 Å². The molecule has 0 bridgehead atoms. The van der Waals surface area contributed by atoms with Crippen LogP contribution in [0.4, 0.5) is 5.69 Å². The summed E-state index contributed by atoms with van der Waals surface area (Å²) in [5, 5.41) is 21.3. The molecule has 0 spiro atoms. The first kappa shape index (κ1) is 12.8. The fourth-order valence-electron chi connectivity index (χ4n) is 1.65. The molecule has 0 radical (unpaired) electrons. The van der Waals surface area contributed by atoms with Gasteiger partial charge in [0, 0.05) is 23.9 Å². The molecule has 2 rings (SSSR count). The number of nitrogens with two attached hydrogens (primary N) is 1. The van der Waals surface area contributed by atoms with E-state index < -0.39 is 0 Å². The Hall–Kier alpha value is -2.69. The number of phenolic OH excluding ortho intramolecular Hbond substituents is 2. The standard InChI is InChI=1S/C14H14N2O3/c15-11-3-1-9(2-4-11)8-16-14(19)10-5-12(17)7-13(18)6-10/h1-7,17-18H,8,15H2,(H,16,19). The van der Waals surface area contributed by atoms with Crippen LogP contribution in [0.15, 0.2) is 42.5 Å². The van der Waals surface area contributed by atoms with E-state index in [-0.39, 0.29) is 23.0 Å². The fourth-order valence-corrected chi connectivity index (χ4v) is 1.65. The third-order valence-electron chi connectivity index (χ3n) is 2.60. The molecule has 0 saturated carbocycles. The zero-order valence-electron chi connectivity index (χ0n) is 10.1. The van der Waals surface area contributed by atoms with Crippen LogP contribution in [0.25, 0.3) is 0 Å². The summed E-state index contributed by atoms with van der Waals surface area (Å²) in [7, 11) is 0. The maximum Gasteiger partial charge on any atom is 0.251 e. The average Bonchev–Trinajstić information content (AvgIpc) is 2.36. The van der Waals surface area contributed by atoms with Gasteiger partial charge in [0.1, 0.15) is 11.5 Å². The minimum absolute atomic E-state index is 0.155. The highest BCUT2D eigenvalue weighted by Gasteiger charge is 2.08. The summed E-state index contributed by atoms with van der Waals surface area (Å²) in [5.41, 5.74) is 7.34. The summed E-state index contributed by atoms with van der Waals surface area (Å²) in [4.78, 5) is 11.8. The second kappa shape index (κ2) is 5.30. The highest BCUT2D eigenvalue weighted by molar-refractivity contribution is 5.95.